The standard InChI is InChI=1S/C14H22N2O3/c1-14(2,3)19-13(17)16-7-4-5-11(6-8-16)12-9-15-10-18-12/h9-11H,4-8H2,1-3H3/t11-/m0/s1. The average Bonchev–Trinajstić information content (AvgIpc) is 2.71. The van der Waals surface area contributed by atoms with Crippen molar-refractivity contribution in [2.45, 2.75) is 51.6 Å². The fourth-order valence-corrected chi connectivity index (χ4v) is 2.32. The highest BCUT2D eigenvalue weighted by molar-refractivity contribution is 5.68. The SMILES string of the molecule is CC(C)(C)OC(=O)N1CCC[C@H](c2cnco2)CC1. The first kappa shape index (κ1) is 13.9. The lowest BCUT2D eigenvalue weighted by molar-refractivity contribution is 0.0256. The molecule has 19 heavy (non-hydrogen) atoms. The van der Waals surface area contributed by atoms with E-state index in [-0.39, 0.29) is 6.09 Å². The predicted molar refractivity (Wildman–Crippen MR) is 70.9 cm³/mol. The van der Waals surface area contributed by atoms with Gasteiger partial charge in [-0.1, -0.05) is 0 Å². The molecule has 1 amide bonds. The number of aromatic nitrogens is 1. The number of ether oxygens (including phenoxy) is 1. The lowest BCUT2D eigenvalue weighted by atomic mass is 9.99. The average molecular weight is 266 g/mol. The van der Waals surface area contributed by atoms with Gasteiger partial charge in [0.1, 0.15) is 11.4 Å². The third kappa shape index (κ3) is 3.98. The number of nitrogens with zero attached hydrogens (tertiary/aromatic N) is 2. The van der Waals surface area contributed by atoms with E-state index in [4.69, 9.17) is 9.15 Å². The number of likely N-dealkylation sites (tertiary alicyclic amines) is 1. The summed E-state index contributed by atoms with van der Waals surface area (Å²) in [4.78, 5) is 17.8. The van der Waals surface area contributed by atoms with Crippen LogP contribution in [0, 0.1) is 0 Å². The molecule has 106 valence electrons. The summed E-state index contributed by atoms with van der Waals surface area (Å²) in [5, 5.41) is 0. The van der Waals surface area contributed by atoms with Gasteiger partial charge >= 0.3 is 6.09 Å². The fourth-order valence-electron chi connectivity index (χ4n) is 2.32. The molecular weight excluding hydrogens is 244 g/mol. The zero-order chi connectivity index (χ0) is 13.9. The van der Waals surface area contributed by atoms with Gasteiger partial charge in [0.25, 0.3) is 0 Å². The Labute approximate surface area is 113 Å². The second kappa shape index (κ2) is 5.63. The molecular formula is C14H22N2O3. The molecule has 0 saturated carbocycles. The molecule has 1 aliphatic heterocycles. The first-order valence-electron chi connectivity index (χ1n) is 6.82. The fraction of sp³-hybridized carbons (Fsp3) is 0.714. The van der Waals surface area contributed by atoms with Gasteiger partial charge in [0, 0.05) is 19.0 Å². The minimum absolute atomic E-state index is 0.217. The maximum absolute atomic E-state index is 12.0. The summed E-state index contributed by atoms with van der Waals surface area (Å²) >= 11 is 0. The van der Waals surface area contributed by atoms with E-state index in [0.717, 1.165) is 31.6 Å². The highest BCUT2D eigenvalue weighted by atomic mass is 16.6. The maximum atomic E-state index is 12.0. The Bertz CT molecular complexity index is 409. The Kier molecular flexibility index (Phi) is 4.12. The van der Waals surface area contributed by atoms with E-state index in [1.807, 2.05) is 20.8 Å². The zero-order valence-electron chi connectivity index (χ0n) is 11.9. The quantitative estimate of drug-likeness (QED) is 0.783. The molecule has 0 radical (unpaired) electrons. The minimum atomic E-state index is -0.437. The third-order valence-corrected chi connectivity index (χ3v) is 3.23. The first-order valence-corrected chi connectivity index (χ1v) is 6.82. The summed E-state index contributed by atoms with van der Waals surface area (Å²) in [6, 6.07) is 0. The van der Waals surface area contributed by atoms with E-state index in [1.54, 1.807) is 11.1 Å². The number of rotatable bonds is 1. The highest BCUT2D eigenvalue weighted by Crippen LogP contribution is 2.28. The van der Waals surface area contributed by atoms with Crippen molar-refractivity contribution in [1.82, 2.24) is 9.88 Å². The van der Waals surface area contributed by atoms with Crippen LogP contribution in [-0.2, 0) is 4.74 Å². The van der Waals surface area contributed by atoms with Crippen LogP contribution in [-0.4, -0.2) is 34.7 Å². The summed E-state index contributed by atoms with van der Waals surface area (Å²) in [5.41, 5.74) is -0.437. The van der Waals surface area contributed by atoms with Gasteiger partial charge in [-0.25, -0.2) is 9.78 Å². The summed E-state index contributed by atoms with van der Waals surface area (Å²) in [5.74, 6) is 1.28. The predicted octanol–water partition coefficient (Wildman–Crippen LogP) is 3.18. The summed E-state index contributed by atoms with van der Waals surface area (Å²) < 4.78 is 10.8. The number of oxazole rings is 1. The van der Waals surface area contributed by atoms with Crippen LogP contribution in [0.5, 0.6) is 0 Å². The Morgan fingerprint density at radius 3 is 2.84 bits per heavy atom. The maximum Gasteiger partial charge on any atom is 0.410 e. The van der Waals surface area contributed by atoms with Crippen molar-refractivity contribution in [1.29, 1.82) is 0 Å². The molecule has 0 aromatic carbocycles. The van der Waals surface area contributed by atoms with Gasteiger partial charge in [0.15, 0.2) is 6.39 Å². The number of hydrogen-bond acceptors (Lipinski definition) is 4. The van der Waals surface area contributed by atoms with Crippen LogP contribution in [0.3, 0.4) is 0 Å². The first-order chi connectivity index (χ1) is 8.96. The van der Waals surface area contributed by atoms with E-state index in [1.165, 1.54) is 6.39 Å². The van der Waals surface area contributed by atoms with Crippen LogP contribution >= 0.6 is 0 Å². The van der Waals surface area contributed by atoms with Gasteiger partial charge in [-0.15, -0.1) is 0 Å². The van der Waals surface area contributed by atoms with Crippen LogP contribution in [0.15, 0.2) is 17.0 Å². The molecule has 2 heterocycles. The molecule has 0 N–H and O–H groups in total. The Balaban J connectivity index is 1.91. The summed E-state index contributed by atoms with van der Waals surface area (Å²) in [7, 11) is 0. The Hall–Kier alpha value is -1.52. The van der Waals surface area contributed by atoms with Crippen molar-refractivity contribution in [2.24, 2.45) is 0 Å². The van der Waals surface area contributed by atoms with Crippen molar-refractivity contribution < 1.29 is 13.9 Å². The van der Waals surface area contributed by atoms with Crippen molar-refractivity contribution in [3.8, 4) is 0 Å². The summed E-state index contributed by atoms with van der Waals surface area (Å²) in [6.07, 6.45) is 5.90. The number of hydrogen-bond donors (Lipinski definition) is 0. The third-order valence-electron chi connectivity index (χ3n) is 3.23. The Morgan fingerprint density at radius 1 is 1.42 bits per heavy atom. The van der Waals surface area contributed by atoms with E-state index in [2.05, 4.69) is 4.98 Å². The molecule has 0 spiro atoms. The van der Waals surface area contributed by atoms with Gasteiger partial charge in [0.05, 0.1) is 6.20 Å². The lowest BCUT2D eigenvalue weighted by Gasteiger charge is -2.26. The number of carbonyl (C=O) groups is 1. The Morgan fingerprint density at radius 2 is 2.21 bits per heavy atom. The monoisotopic (exact) mass is 266 g/mol. The number of carbonyl (C=O) groups excluding carboxylic acids is 1. The molecule has 1 fully saturated rings. The van der Waals surface area contributed by atoms with E-state index >= 15 is 0 Å². The number of amides is 1. The molecule has 1 saturated heterocycles. The van der Waals surface area contributed by atoms with Crippen molar-refractivity contribution in [2.75, 3.05) is 13.1 Å². The molecule has 0 unspecified atom stereocenters. The largest absolute Gasteiger partial charge is 0.448 e. The van der Waals surface area contributed by atoms with Crippen molar-refractivity contribution in [3.05, 3.63) is 18.4 Å². The minimum Gasteiger partial charge on any atom is -0.448 e. The van der Waals surface area contributed by atoms with Crippen molar-refractivity contribution in [3.63, 3.8) is 0 Å². The van der Waals surface area contributed by atoms with Crippen LogP contribution in [0.4, 0.5) is 4.79 Å². The normalized spacial score (nSPS) is 21.0. The topological polar surface area (TPSA) is 55.6 Å². The van der Waals surface area contributed by atoms with Gasteiger partial charge in [-0.2, -0.15) is 0 Å². The molecule has 2 rings (SSSR count). The molecule has 5 nitrogen and oxygen atoms in total. The van der Waals surface area contributed by atoms with E-state index in [9.17, 15) is 4.79 Å². The molecule has 1 aromatic heterocycles. The van der Waals surface area contributed by atoms with Crippen LogP contribution in [0.25, 0.3) is 0 Å². The highest BCUT2D eigenvalue weighted by Gasteiger charge is 2.26. The van der Waals surface area contributed by atoms with Gasteiger partial charge in [0.2, 0.25) is 0 Å². The van der Waals surface area contributed by atoms with Gasteiger partial charge in [-0.3, -0.25) is 0 Å². The second-order valence-corrected chi connectivity index (χ2v) is 6.00. The van der Waals surface area contributed by atoms with Gasteiger partial charge < -0.3 is 14.1 Å². The van der Waals surface area contributed by atoms with Crippen LogP contribution in [0.1, 0.15) is 51.7 Å². The smallest absolute Gasteiger partial charge is 0.410 e. The van der Waals surface area contributed by atoms with E-state index < -0.39 is 5.60 Å². The van der Waals surface area contributed by atoms with Crippen LogP contribution < -0.4 is 0 Å². The zero-order valence-corrected chi connectivity index (χ0v) is 11.9. The van der Waals surface area contributed by atoms with E-state index in [0.29, 0.717) is 12.5 Å². The molecule has 1 aliphatic rings. The molecule has 5 heteroatoms. The van der Waals surface area contributed by atoms with Gasteiger partial charge in [-0.05, 0) is 40.0 Å². The van der Waals surface area contributed by atoms with Crippen LogP contribution in [0.2, 0.25) is 0 Å². The molecule has 0 bridgehead atoms. The second-order valence-electron chi connectivity index (χ2n) is 6.00. The summed E-state index contributed by atoms with van der Waals surface area (Å²) in [6.45, 7) is 7.12. The lowest BCUT2D eigenvalue weighted by Crippen LogP contribution is -2.37. The molecule has 0 aliphatic carbocycles. The molecule has 1 atom stereocenters. The van der Waals surface area contributed by atoms with Crippen molar-refractivity contribution >= 4 is 6.09 Å². The molecule has 1 aromatic rings.